The highest BCUT2D eigenvalue weighted by molar-refractivity contribution is 7.91. The van der Waals surface area contributed by atoms with Crippen molar-refractivity contribution in [1.82, 2.24) is 29.9 Å². The van der Waals surface area contributed by atoms with E-state index in [0.29, 0.717) is 68.3 Å². The minimum atomic E-state index is -3.56. The SMILES string of the molecule is CCc1ccc(CNC2CCN(S(=O)(=O)c3ccc(CNC(=O)c4cccc(OC)c4)s3)CC2)cc1.COc1cccc(C(=O)NCc2ccc(S(=O)(=O)N3CCC(NCc4ccc(Cl)cc4)CC3)s2)c1. The standard InChI is InChI=1S/C27H33N3O4S2.C25H28ClN3O4S2/c1-3-20-7-9-21(10-8-20)18-28-23-13-15-30(16-14-23)36(32,33)26-12-11-25(35-26)19-29-27(31)22-5-4-6-24(17-22)34-2;1-33-22-4-2-3-19(15-22)25(30)28-17-23-9-10-24(34-23)35(31,32)29-13-11-21(12-14-29)27-16-18-5-7-20(26)8-6-18/h4-12,17,23,28H,3,13-16,18-19H2,1-2H3,(H,29,31);2-10,15,21,27H,11-14,16-17H2,1H3,(H,28,30). The number of benzene rings is 4. The second kappa shape index (κ2) is 25.5. The Morgan fingerprint density at radius 3 is 1.35 bits per heavy atom. The molecule has 2 aliphatic heterocycles. The molecular formula is C52H61ClN6O8S4. The topological polar surface area (TPSA) is 175 Å². The lowest BCUT2D eigenvalue weighted by Crippen LogP contribution is -2.44. The Labute approximate surface area is 430 Å². The highest BCUT2D eigenvalue weighted by Crippen LogP contribution is 2.29. The van der Waals surface area contributed by atoms with Crippen LogP contribution in [0.5, 0.6) is 11.5 Å². The molecule has 4 heterocycles. The third kappa shape index (κ3) is 15.0. The highest BCUT2D eigenvalue weighted by atomic mass is 35.5. The van der Waals surface area contributed by atoms with Gasteiger partial charge in [0, 0.05) is 77.3 Å². The summed E-state index contributed by atoms with van der Waals surface area (Å²) in [5, 5.41) is 13.5. The van der Waals surface area contributed by atoms with Crippen LogP contribution in [-0.2, 0) is 52.6 Å². The molecule has 2 amide bonds. The third-order valence-electron chi connectivity index (χ3n) is 12.4. The number of rotatable bonds is 19. The lowest BCUT2D eigenvalue weighted by molar-refractivity contribution is 0.0943. The van der Waals surface area contributed by atoms with Crippen molar-refractivity contribution in [3.63, 3.8) is 0 Å². The van der Waals surface area contributed by atoms with E-state index in [1.54, 1.807) is 95.6 Å². The fraction of sp³-hybridized carbons (Fsp3) is 0.346. The van der Waals surface area contributed by atoms with Gasteiger partial charge in [0.15, 0.2) is 0 Å². The van der Waals surface area contributed by atoms with E-state index in [9.17, 15) is 26.4 Å². The maximum absolute atomic E-state index is 13.2. The molecule has 6 aromatic rings. The van der Waals surface area contributed by atoms with Crippen molar-refractivity contribution in [3.8, 4) is 11.5 Å². The lowest BCUT2D eigenvalue weighted by Gasteiger charge is -2.31. The van der Waals surface area contributed by atoms with Gasteiger partial charge in [-0.1, -0.05) is 67.1 Å². The van der Waals surface area contributed by atoms with Crippen molar-refractivity contribution in [2.75, 3.05) is 40.4 Å². The Bertz CT molecular complexity index is 2920. The summed E-state index contributed by atoms with van der Waals surface area (Å²) < 4.78 is 66.7. The van der Waals surface area contributed by atoms with Crippen LogP contribution in [0.1, 0.15) is 79.8 Å². The number of nitrogens with one attached hydrogen (secondary N) is 4. The Hall–Kier alpha value is -5.15. The first-order valence-electron chi connectivity index (χ1n) is 23.5. The van der Waals surface area contributed by atoms with Gasteiger partial charge in [-0.05, 0) is 122 Å². The van der Waals surface area contributed by atoms with E-state index >= 15 is 0 Å². The molecule has 4 aromatic carbocycles. The van der Waals surface area contributed by atoms with Crippen molar-refractivity contribution >= 4 is 66.1 Å². The van der Waals surface area contributed by atoms with E-state index in [2.05, 4.69) is 52.5 Å². The number of hydrogen-bond donors (Lipinski definition) is 4. The zero-order valence-electron chi connectivity index (χ0n) is 40.1. The van der Waals surface area contributed by atoms with E-state index in [4.69, 9.17) is 21.1 Å². The molecule has 4 N–H and O–H groups in total. The van der Waals surface area contributed by atoms with Crippen molar-refractivity contribution in [2.24, 2.45) is 0 Å². The second-order valence-corrected chi connectivity index (χ2v) is 24.3. The van der Waals surface area contributed by atoms with Gasteiger partial charge < -0.3 is 30.7 Å². The average molecular weight is 1060 g/mol. The van der Waals surface area contributed by atoms with Crippen molar-refractivity contribution < 1.29 is 35.9 Å². The quantitative estimate of drug-likeness (QED) is 0.0616. The summed E-state index contributed by atoms with van der Waals surface area (Å²) in [6.45, 7) is 6.12. The number of hydrogen-bond acceptors (Lipinski definition) is 12. The Morgan fingerprint density at radius 2 is 0.958 bits per heavy atom. The summed E-state index contributed by atoms with van der Waals surface area (Å²) in [7, 11) is -4.00. The van der Waals surface area contributed by atoms with Crippen LogP contribution in [0.4, 0.5) is 0 Å². The Morgan fingerprint density at radius 1 is 0.563 bits per heavy atom. The van der Waals surface area contributed by atoms with Gasteiger partial charge >= 0.3 is 0 Å². The maximum atomic E-state index is 13.2. The van der Waals surface area contributed by atoms with Gasteiger partial charge in [0.25, 0.3) is 31.9 Å². The summed E-state index contributed by atoms with van der Waals surface area (Å²) >= 11 is 8.33. The number of piperidine rings is 2. The van der Waals surface area contributed by atoms with Gasteiger partial charge in [0.1, 0.15) is 19.9 Å². The van der Waals surface area contributed by atoms with E-state index in [1.807, 2.05) is 24.3 Å². The predicted molar refractivity (Wildman–Crippen MR) is 281 cm³/mol. The molecule has 8 rings (SSSR count). The largest absolute Gasteiger partial charge is 0.497 e. The van der Waals surface area contributed by atoms with Crippen LogP contribution in [0.25, 0.3) is 0 Å². The summed E-state index contributed by atoms with van der Waals surface area (Å²) in [5.74, 6) is 0.736. The van der Waals surface area contributed by atoms with Crippen LogP contribution in [0.15, 0.2) is 130 Å². The zero-order chi connectivity index (χ0) is 50.4. The number of carbonyl (C=O) groups is 2. The zero-order valence-corrected chi connectivity index (χ0v) is 44.1. The van der Waals surface area contributed by atoms with Crippen molar-refractivity contribution in [3.05, 3.63) is 164 Å². The molecule has 0 aliphatic carbocycles. The van der Waals surface area contributed by atoms with E-state index in [0.717, 1.165) is 60.5 Å². The molecule has 14 nitrogen and oxygen atoms in total. The Balaban J connectivity index is 0.000000209. The molecule has 0 bridgehead atoms. The molecule has 0 saturated carbocycles. The minimum Gasteiger partial charge on any atom is -0.497 e. The first-order valence-corrected chi connectivity index (χ1v) is 28.4. The molecule has 0 radical (unpaired) electrons. The van der Waals surface area contributed by atoms with Gasteiger partial charge in [-0.3, -0.25) is 9.59 Å². The van der Waals surface area contributed by atoms with E-state index in [-0.39, 0.29) is 30.9 Å². The monoisotopic (exact) mass is 1060 g/mol. The van der Waals surface area contributed by atoms with Crippen molar-refractivity contribution in [1.29, 1.82) is 0 Å². The molecule has 19 heteroatoms. The number of nitrogens with zero attached hydrogens (tertiary/aromatic N) is 2. The fourth-order valence-electron chi connectivity index (χ4n) is 8.13. The minimum absolute atomic E-state index is 0.234. The molecule has 71 heavy (non-hydrogen) atoms. The molecule has 2 aliphatic rings. The predicted octanol–water partition coefficient (Wildman–Crippen LogP) is 8.48. The number of sulfonamides is 2. The first-order chi connectivity index (χ1) is 34.2. The number of halogens is 1. The van der Waals surface area contributed by atoms with E-state index < -0.39 is 20.0 Å². The molecule has 0 atom stereocenters. The first kappa shape index (κ1) is 53.6. The van der Waals surface area contributed by atoms with Crippen LogP contribution >= 0.6 is 34.3 Å². The number of methoxy groups -OCH3 is 2. The molecule has 2 fully saturated rings. The highest BCUT2D eigenvalue weighted by Gasteiger charge is 2.32. The molecule has 2 saturated heterocycles. The molecule has 2 aromatic heterocycles. The van der Waals surface area contributed by atoms with Gasteiger partial charge in [0.2, 0.25) is 0 Å². The summed E-state index contributed by atoms with van der Waals surface area (Å²) in [4.78, 5) is 26.4. The number of thiophene rings is 2. The van der Waals surface area contributed by atoms with E-state index in [1.165, 1.54) is 33.8 Å². The van der Waals surface area contributed by atoms with Gasteiger partial charge in [-0.2, -0.15) is 8.61 Å². The number of carbonyl (C=O) groups excluding carboxylic acids is 2. The smallest absolute Gasteiger partial charge is 0.252 e. The second-order valence-electron chi connectivity index (χ2n) is 17.2. The van der Waals surface area contributed by atoms with Crippen LogP contribution < -0.4 is 30.7 Å². The van der Waals surface area contributed by atoms with Gasteiger partial charge in [0.05, 0.1) is 27.3 Å². The molecule has 378 valence electrons. The van der Waals surface area contributed by atoms with Crippen LogP contribution in [-0.4, -0.2) is 89.7 Å². The van der Waals surface area contributed by atoms with Crippen LogP contribution in [0.3, 0.4) is 0 Å². The molecule has 0 spiro atoms. The van der Waals surface area contributed by atoms with Crippen LogP contribution in [0.2, 0.25) is 5.02 Å². The van der Waals surface area contributed by atoms with Crippen molar-refractivity contribution in [2.45, 2.75) is 85.7 Å². The number of aryl methyl sites for hydroxylation is 1. The lowest BCUT2D eigenvalue weighted by atomic mass is 10.1. The number of amides is 2. The molecular weight excluding hydrogens is 1000 g/mol. The summed E-state index contributed by atoms with van der Waals surface area (Å²) in [6, 6.07) is 37.5. The van der Waals surface area contributed by atoms with Crippen LogP contribution in [0, 0.1) is 0 Å². The van der Waals surface area contributed by atoms with Gasteiger partial charge in [-0.25, -0.2) is 16.8 Å². The summed E-state index contributed by atoms with van der Waals surface area (Å²) in [5.41, 5.74) is 4.70. The maximum Gasteiger partial charge on any atom is 0.252 e. The third-order valence-corrected chi connectivity index (χ3v) is 19.6. The normalized spacial score (nSPS) is 15.1. The Kier molecular flexibility index (Phi) is 19.3. The van der Waals surface area contributed by atoms with Gasteiger partial charge in [-0.15, -0.1) is 22.7 Å². The number of ether oxygens (including phenoxy) is 2. The molecule has 0 unspecified atom stereocenters. The fourth-order valence-corrected chi connectivity index (χ4v) is 14.1. The average Bonchev–Trinajstić information content (AvgIpc) is 4.11. The summed E-state index contributed by atoms with van der Waals surface area (Å²) in [6.07, 6.45) is 4.09.